The van der Waals surface area contributed by atoms with E-state index in [9.17, 15) is 9.59 Å². The van der Waals surface area contributed by atoms with Crippen molar-refractivity contribution in [2.75, 3.05) is 0 Å². The maximum Gasteiger partial charge on any atom is 0.338 e. The molecule has 1 atom stereocenters. The van der Waals surface area contributed by atoms with Gasteiger partial charge in [0.05, 0.1) is 12.1 Å². The van der Waals surface area contributed by atoms with E-state index in [1.165, 1.54) is 13.1 Å². The van der Waals surface area contributed by atoms with Crippen LogP contribution in [0.4, 0.5) is 0 Å². The van der Waals surface area contributed by atoms with E-state index in [-0.39, 0.29) is 23.5 Å². The first-order chi connectivity index (χ1) is 9.87. The Hall–Kier alpha value is -2.30. The number of aliphatic carboxylic acids is 1. The summed E-state index contributed by atoms with van der Waals surface area (Å²) in [6, 6.07) is 7.10. The molecule has 0 spiro atoms. The number of nitrogens with zero attached hydrogens (tertiary/aromatic N) is 1. The second kappa shape index (κ2) is 6.64. The van der Waals surface area contributed by atoms with E-state index < -0.39 is 17.5 Å². The fourth-order valence-corrected chi connectivity index (χ4v) is 2.02. The summed E-state index contributed by atoms with van der Waals surface area (Å²) in [6.07, 6.45) is 6.75. The monoisotopic (exact) mass is 366 g/mol. The van der Waals surface area contributed by atoms with E-state index in [0.29, 0.717) is 16.7 Å². The predicted molar refractivity (Wildman–Crippen MR) is 87.0 cm³/mol. The van der Waals surface area contributed by atoms with E-state index >= 15 is 0 Å². The minimum Gasteiger partial charge on any atom is -0.479 e. The average Bonchev–Trinajstić information content (AvgIpc) is 2.76. The largest absolute Gasteiger partial charge is 0.479 e. The molecule has 0 amide bonds. The van der Waals surface area contributed by atoms with Gasteiger partial charge in [-0.25, -0.2) is 4.79 Å². The second-order valence-electron chi connectivity index (χ2n) is 4.65. The summed E-state index contributed by atoms with van der Waals surface area (Å²) < 4.78 is 6.69. The van der Waals surface area contributed by atoms with E-state index in [4.69, 9.17) is 22.0 Å². The number of hydrogen-bond acceptors (Lipinski definition) is 4. The predicted octanol–water partition coefficient (Wildman–Crippen LogP) is 1.56. The van der Waals surface area contributed by atoms with Crippen LogP contribution in [0.3, 0.4) is 0 Å². The summed E-state index contributed by atoms with van der Waals surface area (Å²) in [6.45, 7) is 1.15. The van der Waals surface area contributed by atoms with E-state index in [2.05, 4.69) is 5.92 Å². The number of terminal acetylenes is 1. The third kappa shape index (κ3) is 3.30. The average molecular weight is 367 g/mol. The fourth-order valence-electron chi connectivity index (χ4n) is 2.02. The smallest absolute Gasteiger partial charge is 0.338 e. The van der Waals surface area contributed by atoms with Gasteiger partial charge in [-0.3, -0.25) is 4.79 Å². The summed E-state index contributed by atoms with van der Waals surface area (Å²) in [5, 5.41) is 9.83. The van der Waals surface area contributed by atoms with Gasteiger partial charge in [-0.05, 0) is 12.1 Å². The number of carboxylic acid groups (broad SMARTS) is 1. The first-order valence-electron chi connectivity index (χ1n) is 6.14. The number of ether oxygens (including phenoxy) is 1. The highest BCUT2D eigenvalue weighted by atomic mass is 79.9. The minimum absolute atomic E-state index is 0. The number of halogens is 1. The van der Waals surface area contributed by atoms with Gasteiger partial charge in [0.1, 0.15) is 0 Å². The molecule has 116 valence electrons. The van der Waals surface area contributed by atoms with Gasteiger partial charge < -0.3 is 20.1 Å². The molecule has 0 saturated carbocycles. The SMILES string of the molecule is Br.C#CC(N)(Cn1cc(OC(C)=O)c2ccccc21)C(=O)O. The standard InChI is InChI=1S/C15H14N2O4.BrH/c1-3-15(16,14(19)20)9-17-8-13(21-10(2)18)11-6-4-5-7-12(11)17;/h1,4-8H,9,16H2,2H3,(H,19,20);1H. The van der Waals surface area contributed by atoms with Crippen LogP contribution >= 0.6 is 17.0 Å². The van der Waals surface area contributed by atoms with Gasteiger partial charge >= 0.3 is 11.9 Å². The van der Waals surface area contributed by atoms with Crippen molar-refractivity contribution in [3.8, 4) is 18.1 Å². The summed E-state index contributed by atoms with van der Waals surface area (Å²) in [5.74, 6) is 0.666. The molecule has 1 aromatic carbocycles. The Kier molecular flexibility index (Phi) is 5.36. The van der Waals surface area contributed by atoms with Crippen LogP contribution in [-0.4, -0.2) is 27.2 Å². The fraction of sp³-hybridized carbons (Fsp3) is 0.200. The van der Waals surface area contributed by atoms with Crippen molar-refractivity contribution in [1.82, 2.24) is 4.57 Å². The number of nitrogens with two attached hydrogens (primary N) is 1. The zero-order valence-electron chi connectivity index (χ0n) is 11.8. The Bertz CT molecular complexity index is 762. The van der Waals surface area contributed by atoms with Crippen molar-refractivity contribution in [3.63, 3.8) is 0 Å². The van der Waals surface area contributed by atoms with Crippen molar-refractivity contribution in [1.29, 1.82) is 0 Å². The molecule has 2 rings (SSSR count). The van der Waals surface area contributed by atoms with Crippen LogP contribution in [0.25, 0.3) is 10.9 Å². The van der Waals surface area contributed by atoms with Crippen LogP contribution < -0.4 is 10.5 Å². The quantitative estimate of drug-likeness (QED) is 0.632. The Morgan fingerprint density at radius 1 is 1.45 bits per heavy atom. The highest BCUT2D eigenvalue weighted by Crippen LogP contribution is 2.29. The zero-order valence-corrected chi connectivity index (χ0v) is 13.5. The van der Waals surface area contributed by atoms with Crippen LogP contribution in [-0.2, 0) is 16.1 Å². The first kappa shape index (κ1) is 17.8. The van der Waals surface area contributed by atoms with Crippen LogP contribution in [0.1, 0.15) is 6.92 Å². The summed E-state index contributed by atoms with van der Waals surface area (Å²) in [5.41, 5.74) is 4.55. The number of carbonyl (C=O) groups is 2. The molecule has 2 aromatic rings. The third-order valence-corrected chi connectivity index (χ3v) is 3.06. The van der Waals surface area contributed by atoms with Crippen LogP contribution in [0.2, 0.25) is 0 Å². The third-order valence-electron chi connectivity index (χ3n) is 3.06. The first-order valence-corrected chi connectivity index (χ1v) is 6.14. The van der Waals surface area contributed by atoms with Crippen molar-refractivity contribution in [2.24, 2.45) is 5.73 Å². The van der Waals surface area contributed by atoms with Crippen LogP contribution in [0.5, 0.6) is 5.75 Å². The normalized spacial score (nSPS) is 12.8. The molecule has 0 fully saturated rings. The van der Waals surface area contributed by atoms with Crippen molar-refractivity contribution < 1.29 is 19.4 Å². The Labute approximate surface area is 137 Å². The lowest BCUT2D eigenvalue weighted by molar-refractivity contribution is -0.141. The number of hydrogen-bond donors (Lipinski definition) is 2. The van der Waals surface area contributed by atoms with E-state index in [1.54, 1.807) is 28.8 Å². The number of carboxylic acids is 1. The van der Waals surface area contributed by atoms with Crippen LogP contribution in [0, 0.1) is 12.3 Å². The van der Waals surface area contributed by atoms with E-state index in [0.717, 1.165) is 0 Å². The van der Waals surface area contributed by atoms with Crippen LogP contribution in [0.15, 0.2) is 30.5 Å². The number of esters is 1. The molecule has 0 radical (unpaired) electrons. The summed E-state index contributed by atoms with van der Waals surface area (Å²) >= 11 is 0. The molecule has 1 unspecified atom stereocenters. The lowest BCUT2D eigenvalue weighted by Gasteiger charge is -2.19. The molecule has 6 nitrogen and oxygen atoms in total. The lowest BCUT2D eigenvalue weighted by atomic mass is 10.0. The molecule has 1 aromatic heterocycles. The number of rotatable bonds is 4. The van der Waals surface area contributed by atoms with Gasteiger partial charge in [-0.15, -0.1) is 23.4 Å². The number of para-hydroxylation sites is 1. The molecule has 22 heavy (non-hydrogen) atoms. The number of carbonyl (C=O) groups excluding carboxylic acids is 1. The van der Waals surface area contributed by atoms with Crippen molar-refractivity contribution in [3.05, 3.63) is 30.5 Å². The molecule has 0 saturated heterocycles. The molecule has 7 heteroatoms. The highest BCUT2D eigenvalue weighted by Gasteiger charge is 2.33. The Morgan fingerprint density at radius 3 is 2.64 bits per heavy atom. The topological polar surface area (TPSA) is 94.5 Å². The van der Waals surface area contributed by atoms with Gasteiger partial charge in [0.25, 0.3) is 0 Å². The molecule has 0 aliphatic rings. The molecule has 0 bridgehead atoms. The lowest BCUT2D eigenvalue weighted by Crippen LogP contribution is -2.50. The molecular weight excluding hydrogens is 352 g/mol. The maximum atomic E-state index is 11.2. The molecule has 0 aliphatic carbocycles. The number of benzene rings is 1. The summed E-state index contributed by atoms with van der Waals surface area (Å²) in [4.78, 5) is 22.3. The van der Waals surface area contributed by atoms with Gasteiger partial charge in [0.2, 0.25) is 0 Å². The maximum absolute atomic E-state index is 11.2. The Morgan fingerprint density at radius 2 is 2.09 bits per heavy atom. The second-order valence-corrected chi connectivity index (χ2v) is 4.65. The van der Waals surface area contributed by atoms with Crippen molar-refractivity contribution >= 4 is 39.8 Å². The van der Waals surface area contributed by atoms with Gasteiger partial charge in [0.15, 0.2) is 11.3 Å². The highest BCUT2D eigenvalue weighted by molar-refractivity contribution is 8.93. The molecular formula is C15H15BrN2O4. The van der Waals surface area contributed by atoms with Gasteiger partial charge in [-0.2, -0.15) is 0 Å². The zero-order chi connectivity index (χ0) is 15.6. The van der Waals surface area contributed by atoms with Crippen molar-refractivity contribution in [2.45, 2.75) is 19.0 Å². The summed E-state index contributed by atoms with van der Waals surface area (Å²) in [7, 11) is 0. The van der Waals surface area contributed by atoms with E-state index in [1.807, 2.05) is 0 Å². The molecule has 1 heterocycles. The molecule has 3 N–H and O–H groups in total. The minimum atomic E-state index is -1.84. The number of aromatic nitrogens is 1. The number of fused-ring (bicyclic) bond motifs is 1. The van der Waals surface area contributed by atoms with Gasteiger partial charge in [0, 0.05) is 18.5 Å². The molecule has 0 aliphatic heterocycles. The van der Waals surface area contributed by atoms with Gasteiger partial charge in [-0.1, -0.05) is 18.1 Å². The Balaban J connectivity index is 0.00000242.